The molecule has 0 spiro atoms. The van der Waals surface area contributed by atoms with Crippen molar-refractivity contribution in [1.29, 1.82) is 5.26 Å². The lowest BCUT2D eigenvalue weighted by Crippen LogP contribution is -2.45. The van der Waals surface area contributed by atoms with Gasteiger partial charge in [0.2, 0.25) is 11.8 Å². The minimum Gasteiger partial charge on any atom is -0.374 e. The van der Waals surface area contributed by atoms with Crippen LogP contribution >= 0.6 is 0 Å². The van der Waals surface area contributed by atoms with Crippen molar-refractivity contribution in [3.8, 4) is 6.07 Å². The van der Waals surface area contributed by atoms with Crippen LogP contribution in [0.4, 0.5) is 0 Å². The minimum absolute atomic E-state index is 0.0249. The van der Waals surface area contributed by atoms with Crippen molar-refractivity contribution in [3.05, 3.63) is 0 Å². The number of amides is 2. The smallest absolute Gasteiger partial charge is 0.238 e. The largest absolute Gasteiger partial charge is 0.374 e. The van der Waals surface area contributed by atoms with E-state index < -0.39 is 6.04 Å². The average molecular weight is 308 g/mol. The SMILES string of the molecule is CC(C)O[C@H]1CN[C@H](C(=O)NC(C#N)C[C@H]2CCNC2=O)C1. The number of hydrogen-bond donors (Lipinski definition) is 3. The molecule has 0 bridgehead atoms. The minimum atomic E-state index is -0.631. The second-order valence-corrected chi connectivity index (χ2v) is 6.21. The predicted molar refractivity (Wildman–Crippen MR) is 79.7 cm³/mol. The number of rotatable bonds is 6. The van der Waals surface area contributed by atoms with E-state index in [1.165, 1.54) is 0 Å². The van der Waals surface area contributed by atoms with E-state index in [1.807, 2.05) is 13.8 Å². The third-order valence-electron chi connectivity index (χ3n) is 4.03. The lowest BCUT2D eigenvalue weighted by atomic mass is 9.99. The van der Waals surface area contributed by atoms with Gasteiger partial charge in [0.1, 0.15) is 6.04 Å². The Hall–Kier alpha value is -1.65. The molecule has 2 saturated heterocycles. The van der Waals surface area contributed by atoms with E-state index in [0.717, 1.165) is 6.42 Å². The number of nitrogens with zero attached hydrogens (tertiary/aromatic N) is 1. The van der Waals surface area contributed by atoms with Gasteiger partial charge in [-0.25, -0.2) is 0 Å². The molecular weight excluding hydrogens is 284 g/mol. The number of nitrogens with one attached hydrogen (secondary N) is 3. The molecule has 0 aromatic rings. The highest BCUT2D eigenvalue weighted by atomic mass is 16.5. The lowest BCUT2D eigenvalue weighted by Gasteiger charge is -2.17. The van der Waals surface area contributed by atoms with Gasteiger partial charge in [-0.1, -0.05) is 0 Å². The van der Waals surface area contributed by atoms with E-state index in [1.54, 1.807) is 0 Å². The number of nitriles is 1. The number of ether oxygens (including phenoxy) is 1. The first-order valence-electron chi connectivity index (χ1n) is 7.86. The Morgan fingerprint density at radius 3 is 2.91 bits per heavy atom. The van der Waals surface area contributed by atoms with E-state index >= 15 is 0 Å². The molecule has 2 fully saturated rings. The molecule has 0 aliphatic carbocycles. The third kappa shape index (κ3) is 4.42. The van der Waals surface area contributed by atoms with Crippen molar-refractivity contribution >= 4 is 11.8 Å². The van der Waals surface area contributed by atoms with Crippen LogP contribution in [0.5, 0.6) is 0 Å². The molecule has 0 saturated carbocycles. The van der Waals surface area contributed by atoms with Crippen molar-refractivity contribution in [3.63, 3.8) is 0 Å². The maximum absolute atomic E-state index is 12.2. The molecule has 2 amide bonds. The summed E-state index contributed by atoms with van der Waals surface area (Å²) >= 11 is 0. The second-order valence-electron chi connectivity index (χ2n) is 6.21. The van der Waals surface area contributed by atoms with Crippen LogP contribution in [0.3, 0.4) is 0 Å². The van der Waals surface area contributed by atoms with Crippen molar-refractivity contribution in [1.82, 2.24) is 16.0 Å². The van der Waals surface area contributed by atoms with Crippen LogP contribution in [0.1, 0.15) is 33.1 Å². The van der Waals surface area contributed by atoms with Gasteiger partial charge >= 0.3 is 0 Å². The lowest BCUT2D eigenvalue weighted by molar-refractivity contribution is -0.125. The normalized spacial score (nSPS) is 29.2. The molecule has 7 heteroatoms. The molecule has 2 rings (SSSR count). The first-order valence-corrected chi connectivity index (χ1v) is 7.86. The molecule has 2 heterocycles. The summed E-state index contributed by atoms with van der Waals surface area (Å²) in [6.07, 6.45) is 1.84. The molecule has 0 aromatic heterocycles. The number of carbonyl (C=O) groups is 2. The van der Waals surface area contributed by atoms with E-state index in [2.05, 4.69) is 22.0 Å². The topological polar surface area (TPSA) is 103 Å². The Balaban J connectivity index is 1.80. The summed E-state index contributed by atoms with van der Waals surface area (Å²) in [6.45, 7) is 5.21. The van der Waals surface area contributed by atoms with Crippen molar-refractivity contribution in [2.24, 2.45) is 5.92 Å². The summed E-state index contributed by atoms with van der Waals surface area (Å²) in [5, 5.41) is 17.8. The van der Waals surface area contributed by atoms with Crippen molar-refractivity contribution < 1.29 is 14.3 Å². The zero-order valence-electron chi connectivity index (χ0n) is 13.1. The highest BCUT2D eigenvalue weighted by molar-refractivity contribution is 5.83. The Morgan fingerprint density at radius 1 is 1.55 bits per heavy atom. The molecule has 0 radical (unpaired) electrons. The molecular formula is C15H24N4O3. The van der Waals surface area contributed by atoms with Gasteiger partial charge in [-0.3, -0.25) is 9.59 Å². The highest BCUT2D eigenvalue weighted by Gasteiger charge is 2.33. The Labute approximate surface area is 130 Å². The summed E-state index contributed by atoms with van der Waals surface area (Å²) in [7, 11) is 0. The molecule has 1 unspecified atom stereocenters. The summed E-state index contributed by atoms with van der Waals surface area (Å²) in [4.78, 5) is 23.8. The van der Waals surface area contributed by atoms with E-state index in [4.69, 9.17) is 4.74 Å². The van der Waals surface area contributed by atoms with Crippen LogP contribution in [-0.4, -0.2) is 49.2 Å². The summed E-state index contributed by atoms with van der Waals surface area (Å²) < 4.78 is 5.68. The van der Waals surface area contributed by atoms with Crippen LogP contribution in [0.2, 0.25) is 0 Å². The van der Waals surface area contributed by atoms with Crippen LogP contribution in [0, 0.1) is 17.2 Å². The predicted octanol–water partition coefficient (Wildman–Crippen LogP) is -0.324. The van der Waals surface area contributed by atoms with Crippen molar-refractivity contribution in [2.45, 2.75) is 57.4 Å². The van der Waals surface area contributed by atoms with Gasteiger partial charge in [0.15, 0.2) is 0 Å². The zero-order chi connectivity index (χ0) is 16.1. The standard InChI is InChI=1S/C15H24N4O3/c1-9(2)22-12-6-13(18-8-12)15(21)19-11(7-16)5-10-3-4-17-14(10)20/h9-13,18H,3-6,8H2,1-2H3,(H,17,20)(H,19,21)/t10-,11?,12-,13+/m1/s1. The second kappa shape index (κ2) is 7.56. The molecule has 3 N–H and O–H groups in total. The van der Waals surface area contributed by atoms with Crippen LogP contribution < -0.4 is 16.0 Å². The summed E-state index contributed by atoms with van der Waals surface area (Å²) in [6, 6.07) is 1.11. The highest BCUT2D eigenvalue weighted by Crippen LogP contribution is 2.17. The fraction of sp³-hybridized carbons (Fsp3) is 0.800. The monoisotopic (exact) mass is 308 g/mol. The van der Waals surface area contributed by atoms with Crippen molar-refractivity contribution in [2.75, 3.05) is 13.1 Å². The average Bonchev–Trinajstić information content (AvgIpc) is 3.07. The number of hydrogen-bond acceptors (Lipinski definition) is 5. The molecule has 4 atom stereocenters. The van der Waals surface area contributed by atoms with E-state index in [-0.39, 0.29) is 36.0 Å². The first-order chi connectivity index (χ1) is 10.5. The first kappa shape index (κ1) is 16.7. The third-order valence-corrected chi connectivity index (χ3v) is 4.03. The fourth-order valence-electron chi connectivity index (χ4n) is 2.96. The molecule has 122 valence electrons. The molecule has 22 heavy (non-hydrogen) atoms. The van der Waals surface area contributed by atoms with Gasteiger partial charge in [-0.05, 0) is 33.1 Å². The van der Waals surface area contributed by atoms with Gasteiger partial charge in [-0.2, -0.15) is 5.26 Å². The molecule has 2 aliphatic rings. The van der Waals surface area contributed by atoms with Crippen LogP contribution in [0.15, 0.2) is 0 Å². The van der Waals surface area contributed by atoms with E-state index in [0.29, 0.717) is 25.9 Å². The fourth-order valence-corrected chi connectivity index (χ4v) is 2.96. The van der Waals surface area contributed by atoms with Gasteiger partial charge in [0.05, 0.1) is 24.3 Å². The zero-order valence-corrected chi connectivity index (χ0v) is 13.1. The Bertz CT molecular complexity index is 460. The maximum Gasteiger partial charge on any atom is 0.238 e. The molecule has 2 aliphatic heterocycles. The molecule has 7 nitrogen and oxygen atoms in total. The quantitative estimate of drug-likeness (QED) is 0.624. The van der Waals surface area contributed by atoms with Crippen LogP contribution in [-0.2, 0) is 14.3 Å². The Morgan fingerprint density at radius 2 is 2.32 bits per heavy atom. The molecule has 0 aromatic carbocycles. The Kier molecular flexibility index (Phi) is 5.75. The summed E-state index contributed by atoms with van der Waals surface area (Å²) in [5.41, 5.74) is 0. The van der Waals surface area contributed by atoms with E-state index in [9.17, 15) is 14.9 Å². The van der Waals surface area contributed by atoms with Gasteiger partial charge < -0.3 is 20.7 Å². The van der Waals surface area contributed by atoms with Gasteiger partial charge in [0, 0.05) is 19.0 Å². The number of carbonyl (C=O) groups excluding carboxylic acids is 2. The van der Waals surface area contributed by atoms with Gasteiger partial charge in [0.25, 0.3) is 0 Å². The maximum atomic E-state index is 12.2. The van der Waals surface area contributed by atoms with Crippen LogP contribution in [0.25, 0.3) is 0 Å². The van der Waals surface area contributed by atoms with Gasteiger partial charge in [-0.15, -0.1) is 0 Å². The summed E-state index contributed by atoms with van der Waals surface area (Å²) in [5.74, 6) is -0.405.